The first kappa shape index (κ1) is 22.7. The highest BCUT2D eigenvalue weighted by molar-refractivity contribution is 6.02. The fraction of sp³-hybridized carbons (Fsp3) is 0.810. The number of hydrogen-bond acceptors (Lipinski definition) is 6. The molecule has 3 aliphatic rings. The zero-order chi connectivity index (χ0) is 21.5. The number of guanidine groups is 1. The number of carbonyl (C=O) groups is 3. The second kappa shape index (κ2) is 10.9. The molecule has 2 amide bonds. The first-order valence-corrected chi connectivity index (χ1v) is 11.4. The summed E-state index contributed by atoms with van der Waals surface area (Å²) in [7, 11) is 0. The van der Waals surface area contributed by atoms with E-state index in [1.54, 1.807) is 0 Å². The van der Waals surface area contributed by atoms with Crippen LogP contribution in [0.1, 0.15) is 57.8 Å². The normalized spacial score (nSPS) is 29.5. The lowest BCUT2D eigenvalue weighted by atomic mass is 9.73. The SMILES string of the molecule is NC(N)=NCCC[C@@H](C=O)N(C(=O)[C@@H]1CCCN1)C(=O)[C@@H]1C[C@@H]2CCCC[C@@H]2CN1. The summed E-state index contributed by atoms with van der Waals surface area (Å²) >= 11 is 0. The van der Waals surface area contributed by atoms with Gasteiger partial charge in [0, 0.05) is 6.54 Å². The number of hydrogen-bond donors (Lipinski definition) is 4. The van der Waals surface area contributed by atoms with Gasteiger partial charge in [-0.2, -0.15) is 0 Å². The summed E-state index contributed by atoms with van der Waals surface area (Å²) in [5.74, 6) is 0.572. The van der Waals surface area contributed by atoms with Crippen LogP contribution in [0.25, 0.3) is 0 Å². The number of piperidine rings is 1. The highest BCUT2D eigenvalue weighted by atomic mass is 16.2. The number of nitrogens with two attached hydrogens (primary N) is 2. The minimum atomic E-state index is -0.799. The van der Waals surface area contributed by atoms with Crippen molar-refractivity contribution in [2.24, 2.45) is 28.3 Å². The Balaban J connectivity index is 1.72. The van der Waals surface area contributed by atoms with E-state index in [0.717, 1.165) is 32.4 Å². The van der Waals surface area contributed by atoms with Crippen LogP contribution in [0, 0.1) is 11.8 Å². The summed E-state index contributed by atoms with van der Waals surface area (Å²) in [5.41, 5.74) is 10.7. The number of aldehydes is 1. The van der Waals surface area contributed by atoms with Crippen molar-refractivity contribution in [2.45, 2.75) is 75.9 Å². The number of aliphatic imine (C=N–C) groups is 1. The Labute approximate surface area is 178 Å². The lowest BCUT2D eigenvalue weighted by molar-refractivity contribution is -0.153. The summed E-state index contributed by atoms with van der Waals surface area (Å²) in [6.07, 6.45) is 8.70. The highest BCUT2D eigenvalue weighted by Gasteiger charge is 2.41. The molecule has 0 spiro atoms. The monoisotopic (exact) mass is 420 g/mol. The van der Waals surface area contributed by atoms with Crippen LogP contribution in [0.5, 0.6) is 0 Å². The summed E-state index contributed by atoms with van der Waals surface area (Å²) in [4.78, 5) is 43.8. The molecule has 0 aromatic carbocycles. The maximum Gasteiger partial charge on any atom is 0.247 e. The van der Waals surface area contributed by atoms with E-state index in [4.69, 9.17) is 11.5 Å². The van der Waals surface area contributed by atoms with Gasteiger partial charge >= 0.3 is 0 Å². The van der Waals surface area contributed by atoms with E-state index in [9.17, 15) is 14.4 Å². The lowest BCUT2D eigenvalue weighted by Gasteiger charge is -2.41. The van der Waals surface area contributed by atoms with E-state index in [1.165, 1.54) is 24.2 Å². The number of nitrogens with zero attached hydrogens (tertiary/aromatic N) is 2. The van der Waals surface area contributed by atoms with Crippen molar-refractivity contribution in [3.63, 3.8) is 0 Å². The topological polar surface area (TPSA) is 143 Å². The Kier molecular flexibility index (Phi) is 8.21. The van der Waals surface area contributed by atoms with Crippen LogP contribution in [0.2, 0.25) is 0 Å². The van der Waals surface area contributed by atoms with Gasteiger partial charge in [0.15, 0.2) is 5.96 Å². The van der Waals surface area contributed by atoms with Crippen molar-refractivity contribution in [1.29, 1.82) is 0 Å². The third-order valence-corrected chi connectivity index (χ3v) is 6.80. The van der Waals surface area contributed by atoms with Crippen molar-refractivity contribution >= 4 is 24.1 Å². The third kappa shape index (κ3) is 5.57. The van der Waals surface area contributed by atoms with E-state index in [-0.39, 0.29) is 17.8 Å². The van der Waals surface area contributed by atoms with Gasteiger partial charge in [0.25, 0.3) is 0 Å². The van der Waals surface area contributed by atoms with Crippen molar-refractivity contribution in [1.82, 2.24) is 15.5 Å². The maximum absolute atomic E-state index is 13.5. The Hall–Kier alpha value is -2.00. The van der Waals surface area contributed by atoms with Gasteiger partial charge in [-0.15, -0.1) is 0 Å². The van der Waals surface area contributed by atoms with Gasteiger partial charge in [-0.05, 0) is 63.5 Å². The molecule has 1 aliphatic carbocycles. The number of nitrogens with one attached hydrogen (secondary N) is 2. The molecule has 9 nitrogen and oxygen atoms in total. The quantitative estimate of drug-likeness (QED) is 0.141. The molecule has 9 heteroatoms. The van der Waals surface area contributed by atoms with Crippen molar-refractivity contribution in [2.75, 3.05) is 19.6 Å². The number of imide groups is 1. The Bertz CT molecular complexity index is 645. The van der Waals surface area contributed by atoms with Crippen molar-refractivity contribution in [3.8, 4) is 0 Å². The smallest absolute Gasteiger partial charge is 0.247 e. The molecule has 2 saturated heterocycles. The minimum absolute atomic E-state index is 0.00902. The molecule has 0 unspecified atom stereocenters. The maximum atomic E-state index is 13.5. The van der Waals surface area contributed by atoms with Crippen LogP contribution in [0.4, 0.5) is 0 Å². The molecule has 0 radical (unpaired) electrons. The van der Waals surface area contributed by atoms with Crippen LogP contribution in [-0.2, 0) is 14.4 Å². The number of carbonyl (C=O) groups excluding carboxylic acids is 3. The largest absolute Gasteiger partial charge is 0.370 e. The van der Waals surface area contributed by atoms with E-state index in [2.05, 4.69) is 15.6 Å². The highest BCUT2D eigenvalue weighted by Crippen LogP contribution is 2.36. The van der Waals surface area contributed by atoms with Gasteiger partial charge in [-0.3, -0.25) is 19.5 Å². The van der Waals surface area contributed by atoms with Crippen LogP contribution in [0.3, 0.4) is 0 Å². The van der Waals surface area contributed by atoms with Crippen LogP contribution >= 0.6 is 0 Å². The molecular weight excluding hydrogens is 384 g/mol. The fourth-order valence-electron chi connectivity index (χ4n) is 5.16. The van der Waals surface area contributed by atoms with Gasteiger partial charge < -0.3 is 26.9 Å². The standard InChI is InChI=1S/C21H36N6O3/c22-21(23)25-10-3-7-16(13-28)27(19(29)17-8-4-9-24-17)20(30)18-11-14-5-1-2-6-15(14)12-26-18/h13-18,24,26H,1-12H2,(H4,22,23,25)/t14-,15+,16-,17-,18-/m0/s1. The predicted molar refractivity (Wildman–Crippen MR) is 114 cm³/mol. The van der Waals surface area contributed by atoms with Crippen LogP contribution in [-0.4, -0.2) is 66.7 Å². The zero-order valence-electron chi connectivity index (χ0n) is 17.7. The summed E-state index contributed by atoms with van der Waals surface area (Å²) in [6, 6.07) is -1.61. The molecule has 30 heavy (non-hydrogen) atoms. The number of fused-ring (bicyclic) bond motifs is 1. The van der Waals surface area contributed by atoms with Gasteiger partial charge in [-0.1, -0.05) is 19.3 Å². The van der Waals surface area contributed by atoms with Crippen molar-refractivity contribution in [3.05, 3.63) is 0 Å². The number of amides is 2. The molecule has 168 valence electrons. The average molecular weight is 421 g/mol. The second-order valence-electron chi connectivity index (χ2n) is 8.85. The van der Waals surface area contributed by atoms with Gasteiger partial charge in [-0.25, -0.2) is 0 Å². The molecule has 0 bridgehead atoms. The summed E-state index contributed by atoms with van der Waals surface area (Å²) in [5, 5.41) is 6.54. The molecule has 5 atom stereocenters. The van der Waals surface area contributed by atoms with E-state index >= 15 is 0 Å². The number of rotatable bonds is 8. The van der Waals surface area contributed by atoms with Gasteiger partial charge in [0.1, 0.15) is 6.29 Å². The van der Waals surface area contributed by atoms with Crippen LogP contribution in [0.15, 0.2) is 4.99 Å². The molecular formula is C21H36N6O3. The van der Waals surface area contributed by atoms with E-state index in [1.807, 2.05) is 0 Å². The van der Waals surface area contributed by atoms with E-state index in [0.29, 0.717) is 43.9 Å². The van der Waals surface area contributed by atoms with Gasteiger partial charge in [0.05, 0.1) is 18.1 Å². The molecule has 1 saturated carbocycles. The first-order valence-electron chi connectivity index (χ1n) is 11.4. The minimum Gasteiger partial charge on any atom is -0.370 e. The molecule has 2 aliphatic heterocycles. The first-order chi connectivity index (χ1) is 14.5. The molecule has 0 aromatic heterocycles. The van der Waals surface area contributed by atoms with Crippen LogP contribution < -0.4 is 22.1 Å². The average Bonchev–Trinajstić information content (AvgIpc) is 3.29. The van der Waals surface area contributed by atoms with Gasteiger partial charge in [0.2, 0.25) is 11.8 Å². The van der Waals surface area contributed by atoms with Crippen molar-refractivity contribution < 1.29 is 14.4 Å². The fourth-order valence-corrected chi connectivity index (χ4v) is 5.16. The molecule has 3 rings (SSSR count). The zero-order valence-corrected chi connectivity index (χ0v) is 17.7. The molecule has 6 N–H and O–H groups in total. The summed E-state index contributed by atoms with van der Waals surface area (Å²) in [6.45, 7) is 1.91. The Morgan fingerprint density at radius 3 is 2.43 bits per heavy atom. The molecule has 2 heterocycles. The predicted octanol–water partition coefficient (Wildman–Crippen LogP) is -0.117. The second-order valence-corrected chi connectivity index (χ2v) is 8.85. The lowest BCUT2D eigenvalue weighted by Crippen LogP contribution is -2.59. The Morgan fingerprint density at radius 1 is 1.03 bits per heavy atom. The third-order valence-electron chi connectivity index (χ3n) is 6.80. The molecule has 3 fully saturated rings. The Morgan fingerprint density at radius 2 is 1.77 bits per heavy atom. The van der Waals surface area contributed by atoms with E-state index < -0.39 is 18.1 Å². The summed E-state index contributed by atoms with van der Waals surface area (Å²) < 4.78 is 0. The molecule has 0 aromatic rings.